The average Bonchev–Trinajstić information content (AvgIpc) is 3.28. The van der Waals surface area contributed by atoms with Crippen LogP contribution in [-0.4, -0.2) is 71.7 Å². The summed E-state index contributed by atoms with van der Waals surface area (Å²) in [5.41, 5.74) is 0.919. The highest BCUT2D eigenvalue weighted by atomic mass is 16.5. The van der Waals surface area contributed by atoms with Gasteiger partial charge in [-0.1, -0.05) is 18.2 Å². The Hall–Kier alpha value is -1.96. The summed E-state index contributed by atoms with van der Waals surface area (Å²) in [5.74, 6) is 1.74. The summed E-state index contributed by atoms with van der Waals surface area (Å²) in [5, 5.41) is 14.1. The van der Waals surface area contributed by atoms with E-state index in [2.05, 4.69) is 33.8 Å². The predicted octanol–water partition coefficient (Wildman–Crippen LogP) is 1.89. The maximum atomic E-state index is 9.88. The van der Waals surface area contributed by atoms with Crippen LogP contribution in [0.5, 0.6) is 0 Å². The lowest BCUT2D eigenvalue weighted by molar-refractivity contribution is -0.0725. The van der Waals surface area contributed by atoms with E-state index >= 15 is 0 Å². The third kappa shape index (κ3) is 4.15. The Morgan fingerprint density at radius 3 is 2.44 bits per heavy atom. The van der Waals surface area contributed by atoms with Crippen molar-refractivity contribution in [2.24, 2.45) is 11.8 Å². The van der Waals surface area contributed by atoms with Crippen molar-refractivity contribution in [2.45, 2.75) is 26.1 Å². The van der Waals surface area contributed by atoms with Crippen molar-refractivity contribution in [1.29, 1.82) is 0 Å². The molecule has 4 atom stereocenters. The zero-order valence-corrected chi connectivity index (χ0v) is 16.0. The third-order valence-electron chi connectivity index (χ3n) is 5.52. The zero-order chi connectivity index (χ0) is 18.8. The number of aliphatic hydroxyl groups is 1. The van der Waals surface area contributed by atoms with Gasteiger partial charge >= 0.3 is 0 Å². The minimum atomic E-state index is 0.181. The van der Waals surface area contributed by atoms with Gasteiger partial charge < -0.3 is 19.3 Å². The van der Waals surface area contributed by atoms with Gasteiger partial charge in [0.05, 0.1) is 12.2 Å². The molecular weight excluding hydrogens is 344 g/mol. The molecule has 1 aromatic carbocycles. The Bertz CT molecular complexity index is 728. The van der Waals surface area contributed by atoms with Gasteiger partial charge in [0.1, 0.15) is 0 Å². The highest BCUT2D eigenvalue weighted by Gasteiger charge is 2.36. The molecule has 2 aliphatic rings. The number of aromatic nitrogens is 2. The van der Waals surface area contributed by atoms with Crippen LogP contribution >= 0.6 is 0 Å². The molecule has 0 saturated carbocycles. The summed E-state index contributed by atoms with van der Waals surface area (Å²) in [6.07, 6.45) is 0.508. The second kappa shape index (κ2) is 7.96. The smallest absolute Gasteiger partial charge is 0.266 e. The second-order valence-corrected chi connectivity index (χ2v) is 7.85. The standard InChI is InChI=1S/C20H28N4O3/c1-14-8-23(9-15(2)26-14)10-17-11-24(12-18(17)13-25)20-21-19(27-22-20)16-6-4-3-5-7-16/h3-7,14-15,17-18,25H,8-13H2,1-2H3/t14-,15+,17-,18-/m0/s1. The summed E-state index contributed by atoms with van der Waals surface area (Å²) in [6.45, 7) is 8.86. The fraction of sp³-hybridized carbons (Fsp3) is 0.600. The number of anilines is 1. The number of hydrogen-bond donors (Lipinski definition) is 1. The van der Waals surface area contributed by atoms with E-state index in [1.54, 1.807) is 0 Å². The Labute approximate surface area is 159 Å². The average molecular weight is 372 g/mol. The molecule has 0 bridgehead atoms. The maximum Gasteiger partial charge on any atom is 0.266 e. The summed E-state index contributed by atoms with van der Waals surface area (Å²) in [7, 11) is 0. The van der Waals surface area contributed by atoms with Crippen LogP contribution in [0.25, 0.3) is 11.5 Å². The first kappa shape index (κ1) is 18.4. The molecule has 0 amide bonds. The number of hydrogen-bond acceptors (Lipinski definition) is 7. The van der Waals surface area contributed by atoms with Gasteiger partial charge in [-0.2, -0.15) is 4.98 Å². The van der Waals surface area contributed by atoms with E-state index in [1.165, 1.54) is 0 Å². The van der Waals surface area contributed by atoms with Gasteiger partial charge in [-0.3, -0.25) is 4.90 Å². The van der Waals surface area contributed by atoms with Gasteiger partial charge in [0.2, 0.25) is 0 Å². The van der Waals surface area contributed by atoms with Crippen LogP contribution in [0.15, 0.2) is 34.9 Å². The molecule has 2 aromatic rings. The molecule has 2 saturated heterocycles. The van der Waals surface area contributed by atoms with Crippen molar-refractivity contribution in [2.75, 3.05) is 44.2 Å². The van der Waals surface area contributed by atoms with Gasteiger partial charge in [-0.05, 0) is 37.1 Å². The largest absolute Gasteiger partial charge is 0.396 e. The number of ether oxygens (including phenoxy) is 1. The molecule has 0 radical (unpaired) electrons. The Balaban J connectivity index is 1.43. The summed E-state index contributed by atoms with van der Waals surface area (Å²) in [4.78, 5) is 9.16. The molecule has 7 heteroatoms. The summed E-state index contributed by atoms with van der Waals surface area (Å²) in [6, 6.07) is 9.79. The van der Waals surface area contributed by atoms with Crippen LogP contribution in [0.3, 0.4) is 0 Å². The first-order chi connectivity index (χ1) is 13.1. The molecule has 2 aliphatic heterocycles. The molecule has 2 fully saturated rings. The third-order valence-corrected chi connectivity index (χ3v) is 5.52. The minimum Gasteiger partial charge on any atom is -0.396 e. The van der Waals surface area contributed by atoms with E-state index in [-0.39, 0.29) is 24.7 Å². The predicted molar refractivity (Wildman–Crippen MR) is 102 cm³/mol. The van der Waals surface area contributed by atoms with E-state index < -0.39 is 0 Å². The van der Waals surface area contributed by atoms with Crippen LogP contribution in [-0.2, 0) is 4.74 Å². The number of aliphatic hydroxyl groups excluding tert-OH is 1. The second-order valence-electron chi connectivity index (χ2n) is 7.85. The first-order valence-corrected chi connectivity index (χ1v) is 9.75. The highest BCUT2D eigenvalue weighted by molar-refractivity contribution is 5.54. The Morgan fingerprint density at radius 2 is 1.74 bits per heavy atom. The zero-order valence-electron chi connectivity index (χ0n) is 16.0. The fourth-order valence-corrected chi connectivity index (χ4v) is 4.32. The van der Waals surface area contributed by atoms with E-state index in [1.807, 2.05) is 30.3 Å². The molecule has 1 N–H and O–H groups in total. The van der Waals surface area contributed by atoms with E-state index in [9.17, 15) is 5.11 Å². The highest BCUT2D eigenvalue weighted by Crippen LogP contribution is 2.29. The summed E-state index contributed by atoms with van der Waals surface area (Å²) >= 11 is 0. The van der Waals surface area contributed by atoms with Crippen molar-refractivity contribution in [3.05, 3.63) is 30.3 Å². The number of morpholine rings is 1. The number of rotatable bonds is 5. The minimum absolute atomic E-state index is 0.181. The van der Waals surface area contributed by atoms with E-state index in [4.69, 9.17) is 9.26 Å². The number of benzene rings is 1. The van der Waals surface area contributed by atoms with Crippen molar-refractivity contribution in [3.8, 4) is 11.5 Å². The van der Waals surface area contributed by atoms with Crippen LogP contribution in [0.1, 0.15) is 13.8 Å². The molecule has 1 aromatic heterocycles. The molecule has 0 spiro atoms. The quantitative estimate of drug-likeness (QED) is 0.859. The van der Waals surface area contributed by atoms with Crippen molar-refractivity contribution in [1.82, 2.24) is 15.0 Å². The van der Waals surface area contributed by atoms with Crippen LogP contribution in [0, 0.1) is 11.8 Å². The van der Waals surface area contributed by atoms with Crippen LogP contribution in [0.2, 0.25) is 0 Å². The maximum absolute atomic E-state index is 9.88. The summed E-state index contributed by atoms with van der Waals surface area (Å²) < 4.78 is 11.3. The van der Waals surface area contributed by atoms with Crippen molar-refractivity contribution >= 4 is 5.95 Å². The van der Waals surface area contributed by atoms with Crippen LogP contribution < -0.4 is 4.90 Å². The number of nitrogens with zero attached hydrogens (tertiary/aromatic N) is 4. The van der Waals surface area contributed by atoms with Gasteiger partial charge in [0.25, 0.3) is 11.8 Å². The molecule has 27 heavy (non-hydrogen) atoms. The molecule has 0 unspecified atom stereocenters. The molecule has 0 aliphatic carbocycles. The van der Waals surface area contributed by atoms with Crippen LogP contribution in [0.4, 0.5) is 5.95 Å². The van der Waals surface area contributed by atoms with Crippen molar-refractivity contribution < 1.29 is 14.4 Å². The normalized spacial score (nSPS) is 29.4. The van der Waals surface area contributed by atoms with Crippen molar-refractivity contribution in [3.63, 3.8) is 0 Å². The monoisotopic (exact) mass is 372 g/mol. The Kier molecular flexibility index (Phi) is 5.43. The van der Waals surface area contributed by atoms with Gasteiger partial charge in [-0.15, -0.1) is 0 Å². The lowest BCUT2D eigenvalue weighted by Crippen LogP contribution is -2.48. The molecule has 146 valence electrons. The molecule has 7 nitrogen and oxygen atoms in total. The molecule has 3 heterocycles. The lowest BCUT2D eigenvalue weighted by Gasteiger charge is -2.37. The first-order valence-electron chi connectivity index (χ1n) is 9.75. The van der Waals surface area contributed by atoms with E-state index in [0.717, 1.165) is 38.3 Å². The fourth-order valence-electron chi connectivity index (χ4n) is 4.32. The Morgan fingerprint density at radius 1 is 1.04 bits per heavy atom. The SMILES string of the molecule is C[C@@H]1CN(C[C@H]2CN(c3noc(-c4ccccc4)n3)C[C@H]2CO)C[C@H](C)O1. The van der Waals surface area contributed by atoms with E-state index in [0.29, 0.717) is 17.8 Å². The molecule has 4 rings (SSSR count). The lowest BCUT2D eigenvalue weighted by atomic mass is 9.96. The van der Waals surface area contributed by atoms with Gasteiger partial charge in [-0.25, -0.2) is 0 Å². The van der Waals surface area contributed by atoms with Gasteiger partial charge in [0.15, 0.2) is 0 Å². The topological polar surface area (TPSA) is 74.9 Å². The molecular formula is C20H28N4O3. The van der Waals surface area contributed by atoms with Gasteiger partial charge in [0, 0.05) is 50.8 Å².